The molecule has 102 valence electrons. The summed E-state index contributed by atoms with van der Waals surface area (Å²) in [5.41, 5.74) is 3.56. The Labute approximate surface area is 110 Å². The molecule has 1 heterocycles. The summed E-state index contributed by atoms with van der Waals surface area (Å²) in [6, 6.07) is 0. The predicted octanol–water partition coefficient (Wildman–Crippen LogP) is 0.895. The average molecular weight is 271 g/mol. The van der Waals surface area contributed by atoms with Gasteiger partial charge in [-0.1, -0.05) is 20.3 Å². The van der Waals surface area contributed by atoms with Crippen molar-refractivity contribution in [2.75, 3.05) is 28.8 Å². The van der Waals surface area contributed by atoms with E-state index in [1.165, 1.54) is 6.33 Å². The van der Waals surface area contributed by atoms with E-state index in [1.807, 2.05) is 6.92 Å². The van der Waals surface area contributed by atoms with E-state index in [1.54, 1.807) is 0 Å². The quantitative estimate of drug-likeness (QED) is 0.480. The number of nitrogens with two attached hydrogens (primary N) is 1. The zero-order valence-corrected chi connectivity index (χ0v) is 11.7. The van der Waals surface area contributed by atoms with Crippen molar-refractivity contribution in [2.45, 2.75) is 26.7 Å². The molecule has 0 saturated carbocycles. The first kappa shape index (κ1) is 14.8. The summed E-state index contributed by atoms with van der Waals surface area (Å²) in [5, 5.41) is 3.20. The second kappa shape index (κ2) is 7.99. The summed E-state index contributed by atoms with van der Waals surface area (Å²) in [6.07, 6.45) is 3.30. The molecular weight excluding hydrogens is 250 g/mol. The van der Waals surface area contributed by atoms with Crippen LogP contribution in [0.3, 0.4) is 0 Å². The molecule has 0 aliphatic carbocycles. The SMILES string of the molecule is CCCc1c(NN)ncnc1NCCS(=O)CC. The summed E-state index contributed by atoms with van der Waals surface area (Å²) in [4.78, 5) is 8.30. The van der Waals surface area contributed by atoms with Crippen molar-refractivity contribution >= 4 is 22.4 Å². The topological polar surface area (TPSA) is 92.9 Å². The van der Waals surface area contributed by atoms with Crippen molar-refractivity contribution in [1.29, 1.82) is 0 Å². The second-order valence-corrected chi connectivity index (χ2v) is 5.67. The molecule has 0 aliphatic rings. The number of nitrogens with zero attached hydrogens (tertiary/aromatic N) is 2. The first-order chi connectivity index (χ1) is 8.72. The lowest BCUT2D eigenvalue weighted by Crippen LogP contribution is -2.17. The van der Waals surface area contributed by atoms with Gasteiger partial charge in [-0.2, -0.15) is 0 Å². The number of nitrogens with one attached hydrogen (secondary N) is 2. The number of hydrogen-bond donors (Lipinski definition) is 3. The third kappa shape index (κ3) is 4.23. The van der Waals surface area contributed by atoms with Crippen LogP contribution in [0.15, 0.2) is 6.33 Å². The minimum Gasteiger partial charge on any atom is -0.369 e. The maximum atomic E-state index is 11.3. The lowest BCUT2D eigenvalue weighted by molar-refractivity contribution is 0.684. The zero-order valence-electron chi connectivity index (χ0n) is 10.9. The minimum absolute atomic E-state index is 0.622. The van der Waals surface area contributed by atoms with Gasteiger partial charge in [0.2, 0.25) is 0 Å². The van der Waals surface area contributed by atoms with Crippen LogP contribution < -0.4 is 16.6 Å². The van der Waals surface area contributed by atoms with Crippen LogP contribution in [0.5, 0.6) is 0 Å². The molecule has 0 aromatic carbocycles. The van der Waals surface area contributed by atoms with Crippen molar-refractivity contribution in [3.8, 4) is 0 Å². The number of hydrogen-bond acceptors (Lipinski definition) is 6. The number of nitrogen functional groups attached to an aromatic ring is 1. The molecule has 0 spiro atoms. The van der Waals surface area contributed by atoms with Gasteiger partial charge in [-0.25, -0.2) is 15.8 Å². The Morgan fingerprint density at radius 3 is 2.67 bits per heavy atom. The summed E-state index contributed by atoms with van der Waals surface area (Å²) in [6.45, 7) is 4.64. The van der Waals surface area contributed by atoms with Gasteiger partial charge in [0.1, 0.15) is 18.0 Å². The van der Waals surface area contributed by atoms with E-state index in [4.69, 9.17) is 5.84 Å². The summed E-state index contributed by atoms with van der Waals surface area (Å²) in [7, 11) is -0.764. The van der Waals surface area contributed by atoms with Crippen LogP contribution in [0.2, 0.25) is 0 Å². The molecular formula is C11H21N5OS. The molecule has 6 nitrogen and oxygen atoms in total. The van der Waals surface area contributed by atoms with Crippen molar-refractivity contribution in [1.82, 2.24) is 9.97 Å². The van der Waals surface area contributed by atoms with Crippen LogP contribution in [0.25, 0.3) is 0 Å². The van der Waals surface area contributed by atoms with E-state index < -0.39 is 10.8 Å². The number of hydrazine groups is 1. The van der Waals surface area contributed by atoms with E-state index in [2.05, 4.69) is 27.6 Å². The monoisotopic (exact) mass is 271 g/mol. The average Bonchev–Trinajstić information content (AvgIpc) is 2.40. The van der Waals surface area contributed by atoms with Crippen molar-refractivity contribution in [3.05, 3.63) is 11.9 Å². The standard InChI is InChI=1S/C11H21N5OS/c1-3-5-9-10(13-6-7-18(17)4-2)14-8-15-11(9)16-12/h8H,3-7,12H2,1-2H3,(H2,13,14,15,16). The highest BCUT2D eigenvalue weighted by Crippen LogP contribution is 2.20. The Balaban J connectivity index is 2.71. The summed E-state index contributed by atoms with van der Waals surface area (Å²) in [5.74, 6) is 8.15. The van der Waals surface area contributed by atoms with Gasteiger partial charge in [0.25, 0.3) is 0 Å². The highest BCUT2D eigenvalue weighted by atomic mass is 32.2. The van der Waals surface area contributed by atoms with Gasteiger partial charge in [0, 0.05) is 34.4 Å². The largest absolute Gasteiger partial charge is 0.369 e. The number of rotatable bonds is 8. The maximum absolute atomic E-state index is 11.3. The van der Waals surface area contributed by atoms with Gasteiger partial charge in [-0.15, -0.1) is 0 Å². The second-order valence-electron chi connectivity index (χ2n) is 3.80. The van der Waals surface area contributed by atoms with Crippen LogP contribution in [-0.2, 0) is 17.2 Å². The molecule has 0 bridgehead atoms. The summed E-state index contributed by atoms with van der Waals surface area (Å²) < 4.78 is 11.3. The van der Waals surface area contributed by atoms with Crippen LogP contribution in [0.1, 0.15) is 25.8 Å². The van der Waals surface area contributed by atoms with Crippen LogP contribution in [-0.4, -0.2) is 32.2 Å². The smallest absolute Gasteiger partial charge is 0.148 e. The Kier molecular flexibility index (Phi) is 6.59. The lowest BCUT2D eigenvalue weighted by atomic mass is 10.1. The number of anilines is 2. The Bertz CT molecular complexity index is 399. The maximum Gasteiger partial charge on any atom is 0.148 e. The third-order valence-corrected chi connectivity index (χ3v) is 3.83. The molecule has 18 heavy (non-hydrogen) atoms. The van der Waals surface area contributed by atoms with Crippen molar-refractivity contribution in [3.63, 3.8) is 0 Å². The van der Waals surface area contributed by atoms with Crippen molar-refractivity contribution < 1.29 is 4.21 Å². The molecule has 1 unspecified atom stereocenters. The molecule has 0 saturated heterocycles. The first-order valence-electron chi connectivity index (χ1n) is 6.12. The number of aromatic nitrogens is 2. The Morgan fingerprint density at radius 2 is 2.06 bits per heavy atom. The van der Waals surface area contributed by atoms with E-state index in [9.17, 15) is 4.21 Å². The first-order valence-corrected chi connectivity index (χ1v) is 7.61. The zero-order chi connectivity index (χ0) is 13.4. The molecule has 0 fully saturated rings. The van der Waals surface area contributed by atoms with Crippen molar-refractivity contribution in [2.24, 2.45) is 5.84 Å². The molecule has 1 atom stereocenters. The van der Waals surface area contributed by atoms with E-state index in [-0.39, 0.29) is 0 Å². The van der Waals surface area contributed by atoms with Gasteiger partial charge in [0.15, 0.2) is 0 Å². The van der Waals surface area contributed by atoms with Gasteiger partial charge >= 0.3 is 0 Å². The molecule has 1 aromatic heterocycles. The lowest BCUT2D eigenvalue weighted by Gasteiger charge is -2.13. The normalized spacial score (nSPS) is 12.2. The van der Waals surface area contributed by atoms with E-state index in [0.29, 0.717) is 23.9 Å². The fourth-order valence-corrected chi connectivity index (χ4v) is 2.22. The highest BCUT2D eigenvalue weighted by molar-refractivity contribution is 7.84. The van der Waals surface area contributed by atoms with E-state index >= 15 is 0 Å². The highest BCUT2D eigenvalue weighted by Gasteiger charge is 2.09. The van der Waals surface area contributed by atoms with Crippen LogP contribution >= 0.6 is 0 Å². The molecule has 0 aliphatic heterocycles. The van der Waals surface area contributed by atoms with Crippen LogP contribution in [0.4, 0.5) is 11.6 Å². The molecule has 0 radical (unpaired) electrons. The third-order valence-electron chi connectivity index (χ3n) is 2.53. The fourth-order valence-electron chi connectivity index (χ4n) is 1.60. The molecule has 1 aromatic rings. The van der Waals surface area contributed by atoms with Gasteiger partial charge in [0.05, 0.1) is 0 Å². The van der Waals surface area contributed by atoms with E-state index in [0.717, 1.165) is 24.2 Å². The molecule has 7 heteroatoms. The van der Waals surface area contributed by atoms with Crippen LogP contribution in [0, 0.1) is 0 Å². The van der Waals surface area contributed by atoms with Gasteiger partial charge in [-0.3, -0.25) is 4.21 Å². The summed E-state index contributed by atoms with van der Waals surface area (Å²) >= 11 is 0. The molecule has 0 amide bonds. The Hall–Kier alpha value is -1.21. The fraction of sp³-hybridized carbons (Fsp3) is 0.636. The minimum atomic E-state index is -0.764. The Morgan fingerprint density at radius 1 is 1.33 bits per heavy atom. The molecule has 1 rings (SSSR count). The predicted molar refractivity (Wildman–Crippen MR) is 75.9 cm³/mol. The van der Waals surface area contributed by atoms with Gasteiger partial charge < -0.3 is 10.7 Å². The molecule has 4 N–H and O–H groups in total. The van der Waals surface area contributed by atoms with Gasteiger partial charge in [-0.05, 0) is 6.42 Å².